The minimum atomic E-state index is -0.358. The lowest BCUT2D eigenvalue weighted by atomic mass is 10.5. The molecule has 102 valence electrons. The van der Waals surface area contributed by atoms with E-state index in [0.29, 0.717) is 17.7 Å². The van der Waals surface area contributed by atoms with Crippen LogP contribution in [0.2, 0.25) is 0 Å². The van der Waals surface area contributed by atoms with Crippen molar-refractivity contribution in [1.82, 2.24) is 10.2 Å². The quantitative estimate of drug-likeness (QED) is 0.602. The van der Waals surface area contributed by atoms with Gasteiger partial charge in [-0.15, -0.1) is 21.5 Å². The second-order valence-corrected chi connectivity index (χ2v) is 6.02. The van der Waals surface area contributed by atoms with Gasteiger partial charge in [0.15, 0.2) is 0 Å². The normalized spacial score (nSPS) is 12.3. The van der Waals surface area contributed by atoms with Gasteiger partial charge in [0, 0.05) is 0 Å². The molecule has 2 rings (SSSR count). The minimum absolute atomic E-state index is 0.261. The van der Waals surface area contributed by atoms with Crippen LogP contribution in [0.25, 0.3) is 10.8 Å². The van der Waals surface area contributed by atoms with E-state index < -0.39 is 0 Å². The first-order valence-corrected chi connectivity index (χ1v) is 7.67. The molecule has 2 aromatic rings. The Kier molecular flexibility index (Phi) is 4.98. The predicted molar refractivity (Wildman–Crippen MR) is 74.2 cm³/mol. The molecule has 0 amide bonds. The summed E-state index contributed by atoms with van der Waals surface area (Å²) in [6.07, 6.45) is 0.812. The highest BCUT2D eigenvalue weighted by Crippen LogP contribution is 2.28. The molecule has 7 heteroatoms. The number of aromatic nitrogens is 2. The fraction of sp³-hybridized carbons (Fsp3) is 0.417. The van der Waals surface area contributed by atoms with Crippen molar-refractivity contribution in [3.63, 3.8) is 0 Å². The zero-order valence-corrected chi connectivity index (χ0v) is 12.3. The molecule has 0 fully saturated rings. The van der Waals surface area contributed by atoms with Gasteiger partial charge in [-0.2, -0.15) is 0 Å². The van der Waals surface area contributed by atoms with E-state index in [1.54, 1.807) is 6.92 Å². The molecular formula is C12H14N2O3S2. The van der Waals surface area contributed by atoms with Crippen molar-refractivity contribution >= 4 is 29.1 Å². The van der Waals surface area contributed by atoms with Gasteiger partial charge >= 0.3 is 5.97 Å². The maximum absolute atomic E-state index is 11.6. The summed E-state index contributed by atoms with van der Waals surface area (Å²) in [5.41, 5.74) is 0. The van der Waals surface area contributed by atoms with Gasteiger partial charge in [-0.1, -0.05) is 24.8 Å². The highest BCUT2D eigenvalue weighted by Gasteiger charge is 2.19. The van der Waals surface area contributed by atoms with E-state index in [1.165, 1.54) is 23.1 Å². The Morgan fingerprint density at radius 3 is 3.11 bits per heavy atom. The van der Waals surface area contributed by atoms with Gasteiger partial charge in [0.1, 0.15) is 5.25 Å². The van der Waals surface area contributed by atoms with E-state index in [4.69, 9.17) is 9.15 Å². The molecule has 0 aromatic carbocycles. The molecule has 2 heterocycles. The Morgan fingerprint density at radius 1 is 1.58 bits per heavy atom. The molecule has 1 atom stereocenters. The van der Waals surface area contributed by atoms with Crippen molar-refractivity contribution in [2.24, 2.45) is 0 Å². The first kappa shape index (κ1) is 14.1. The number of esters is 1. The van der Waals surface area contributed by atoms with Crippen LogP contribution in [0.4, 0.5) is 0 Å². The number of nitrogens with zero attached hydrogens (tertiary/aromatic N) is 2. The van der Waals surface area contributed by atoms with Crippen LogP contribution in [-0.2, 0) is 9.53 Å². The van der Waals surface area contributed by atoms with E-state index in [0.717, 1.165) is 11.3 Å². The number of hydrogen-bond acceptors (Lipinski definition) is 7. The Labute approximate surface area is 119 Å². The van der Waals surface area contributed by atoms with Crippen LogP contribution < -0.4 is 0 Å². The van der Waals surface area contributed by atoms with E-state index in [2.05, 4.69) is 10.2 Å². The van der Waals surface area contributed by atoms with Crippen LogP contribution in [0.1, 0.15) is 20.3 Å². The maximum Gasteiger partial charge on any atom is 0.319 e. The standard InChI is InChI=1S/C12H14N2O3S2/c1-3-6-16-11(15)8(2)19-12-14-13-10(17-12)9-5-4-7-18-9/h4-5,7-8H,3,6H2,1-2H3. The van der Waals surface area contributed by atoms with Gasteiger partial charge in [0.25, 0.3) is 11.1 Å². The maximum atomic E-state index is 11.6. The molecule has 0 N–H and O–H groups in total. The SMILES string of the molecule is CCCOC(=O)C(C)Sc1nnc(-c2cccs2)o1. The van der Waals surface area contributed by atoms with Crippen LogP contribution in [0, 0.1) is 0 Å². The number of hydrogen-bond donors (Lipinski definition) is 0. The van der Waals surface area contributed by atoms with Crippen molar-refractivity contribution in [3.05, 3.63) is 17.5 Å². The molecular weight excluding hydrogens is 284 g/mol. The van der Waals surface area contributed by atoms with Gasteiger partial charge in [-0.05, 0) is 24.8 Å². The summed E-state index contributed by atoms with van der Waals surface area (Å²) in [6.45, 7) is 4.15. The van der Waals surface area contributed by atoms with Crippen molar-refractivity contribution in [3.8, 4) is 10.8 Å². The molecule has 5 nitrogen and oxygen atoms in total. The monoisotopic (exact) mass is 298 g/mol. The lowest BCUT2D eigenvalue weighted by Crippen LogP contribution is -2.17. The summed E-state index contributed by atoms with van der Waals surface area (Å²) < 4.78 is 10.6. The highest BCUT2D eigenvalue weighted by atomic mass is 32.2. The highest BCUT2D eigenvalue weighted by molar-refractivity contribution is 8.00. The van der Waals surface area contributed by atoms with Gasteiger partial charge in [-0.25, -0.2) is 0 Å². The molecule has 0 aliphatic rings. The molecule has 0 aliphatic carbocycles. The average Bonchev–Trinajstić information content (AvgIpc) is 3.05. The molecule has 0 saturated carbocycles. The van der Waals surface area contributed by atoms with Crippen molar-refractivity contribution in [1.29, 1.82) is 0 Å². The molecule has 0 bridgehead atoms. The second kappa shape index (κ2) is 6.72. The number of ether oxygens (including phenoxy) is 1. The summed E-state index contributed by atoms with van der Waals surface area (Å²) in [4.78, 5) is 12.5. The second-order valence-electron chi connectivity index (χ2n) is 3.78. The van der Waals surface area contributed by atoms with Crippen LogP contribution in [0.15, 0.2) is 27.2 Å². The van der Waals surface area contributed by atoms with E-state index in [-0.39, 0.29) is 11.2 Å². The van der Waals surface area contributed by atoms with E-state index in [1.807, 2.05) is 24.4 Å². The number of carbonyl (C=O) groups is 1. The first-order chi connectivity index (χ1) is 9.20. The number of rotatable bonds is 6. The number of thioether (sulfide) groups is 1. The number of carbonyl (C=O) groups excluding carboxylic acids is 1. The lowest BCUT2D eigenvalue weighted by Gasteiger charge is -2.07. The predicted octanol–water partition coefficient (Wildman–Crippen LogP) is 3.23. The summed E-state index contributed by atoms with van der Waals surface area (Å²) >= 11 is 2.74. The molecule has 0 aliphatic heterocycles. The van der Waals surface area contributed by atoms with Gasteiger partial charge in [-0.3, -0.25) is 4.79 Å². The molecule has 0 saturated heterocycles. The Bertz CT molecular complexity index is 525. The third kappa shape index (κ3) is 3.81. The zero-order chi connectivity index (χ0) is 13.7. The lowest BCUT2D eigenvalue weighted by molar-refractivity contribution is -0.142. The van der Waals surface area contributed by atoms with Gasteiger partial charge in [0.2, 0.25) is 0 Å². The topological polar surface area (TPSA) is 65.2 Å². The Balaban J connectivity index is 1.94. The van der Waals surface area contributed by atoms with Crippen LogP contribution >= 0.6 is 23.1 Å². The molecule has 19 heavy (non-hydrogen) atoms. The van der Waals surface area contributed by atoms with Crippen molar-refractivity contribution in [2.75, 3.05) is 6.61 Å². The fourth-order valence-electron chi connectivity index (χ4n) is 1.28. The van der Waals surface area contributed by atoms with E-state index >= 15 is 0 Å². The van der Waals surface area contributed by atoms with E-state index in [9.17, 15) is 4.79 Å². The molecule has 2 aromatic heterocycles. The van der Waals surface area contributed by atoms with Crippen LogP contribution in [0.5, 0.6) is 0 Å². The zero-order valence-electron chi connectivity index (χ0n) is 10.7. The third-order valence-electron chi connectivity index (χ3n) is 2.20. The smallest absolute Gasteiger partial charge is 0.319 e. The third-order valence-corrected chi connectivity index (χ3v) is 3.97. The Morgan fingerprint density at radius 2 is 2.42 bits per heavy atom. The average molecular weight is 298 g/mol. The molecule has 0 radical (unpaired) electrons. The number of thiophene rings is 1. The van der Waals surface area contributed by atoms with Gasteiger partial charge in [0.05, 0.1) is 11.5 Å². The van der Waals surface area contributed by atoms with Crippen molar-refractivity contribution < 1.29 is 13.9 Å². The minimum Gasteiger partial charge on any atom is -0.465 e. The van der Waals surface area contributed by atoms with Gasteiger partial charge < -0.3 is 9.15 Å². The van der Waals surface area contributed by atoms with Crippen molar-refractivity contribution in [2.45, 2.75) is 30.7 Å². The fourth-order valence-corrected chi connectivity index (χ4v) is 2.60. The summed E-state index contributed by atoms with van der Waals surface area (Å²) in [6, 6.07) is 3.83. The molecule has 1 unspecified atom stereocenters. The summed E-state index contributed by atoms with van der Waals surface area (Å²) in [5, 5.41) is 9.84. The summed E-state index contributed by atoms with van der Waals surface area (Å²) in [7, 11) is 0. The summed E-state index contributed by atoms with van der Waals surface area (Å²) in [5.74, 6) is 0.217. The first-order valence-electron chi connectivity index (χ1n) is 5.91. The van der Waals surface area contributed by atoms with Crippen LogP contribution in [0.3, 0.4) is 0 Å². The Hall–Kier alpha value is -1.34. The molecule has 0 spiro atoms. The van der Waals surface area contributed by atoms with Crippen LogP contribution in [-0.4, -0.2) is 28.0 Å². The largest absolute Gasteiger partial charge is 0.465 e.